The second-order valence-electron chi connectivity index (χ2n) is 6.60. The van der Waals surface area contributed by atoms with Crippen LogP contribution in [0.2, 0.25) is 0 Å². The molecular formula is C19H29NO4. The molecule has 1 aromatic carbocycles. The van der Waals surface area contributed by atoms with Crippen LogP contribution in [0.5, 0.6) is 0 Å². The fourth-order valence-corrected chi connectivity index (χ4v) is 2.27. The van der Waals surface area contributed by atoms with E-state index in [1.165, 1.54) is 5.56 Å². The van der Waals surface area contributed by atoms with E-state index in [-0.39, 0.29) is 18.6 Å². The molecule has 0 amide bonds. The molecular weight excluding hydrogens is 306 g/mol. The first-order valence-electron chi connectivity index (χ1n) is 8.47. The third-order valence-corrected chi connectivity index (χ3v) is 3.66. The largest absolute Gasteiger partial charge is 0.465 e. The lowest BCUT2D eigenvalue weighted by atomic mass is 9.87. The Kier molecular flexibility index (Phi) is 7.75. The van der Waals surface area contributed by atoms with Crippen molar-refractivity contribution >= 4 is 17.6 Å². The fourth-order valence-electron chi connectivity index (χ4n) is 2.27. The lowest BCUT2D eigenvalue weighted by molar-refractivity contribution is -0.161. The fraction of sp³-hybridized carbons (Fsp3) is 0.579. The quantitative estimate of drug-likeness (QED) is 0.581. The van der Waals surface area contributed by atoms with Gasteiger partial charge in [0, 0.05) is 12.2 Å². The average Bonchev–Trinajstić information content (AvgIpc) is 2.51. The summed E-state index contributed by atoms with van der Waals surface area (Å²) in [6.07, 6.45) is 0.332. The molecule has 24 heavy (non-hydrogen) atoms. The number of nitrogens with one attached hydrogen (secondary N) is 1. The Labute approximate surface area is 144 Å². The van der Waals surface area contributed by atoms with Crippen molar-refractivity contribution in [1.29, 1.82) is 0 Å². The van der Waals surface area contributed by atoms with Gasteiger partial charge >= 0.3 is 11.9 Å². The van der Waals surface area contributed by atoms with Crippen molar-refractivity contribution < 1.29 is 19.1 Å². The molecule has 0 saturated carbocycles. The number of benzene rings is 1. The van der Waals surface area contributed by atoms with Crippen LogP contribution in [0.1, 0.15) is 46.6 Å². The van der Waals surface area contributed by atoms with Gasteiger partial charge in [0.2, 0.25) is 0 Å². The number of carbonyl (C=O) groups is 2. The highest BCUT2D eigenvalue weighted by molar-refractivity contribution is 5.94. The normalized spacial score (nSPS) is 11.2. The van der Waals surface area contributed by atoms with Crippen LogP contribution in [0.25, 0.3) is 0 Å². The Morgan fingerprint density at radius 3 is 1.92 bits per heavy atom. The van der Waals surface area contributed by atoms with E-state index < -0.39 is 17.9 Å². The lowest BCUT2D eigenvalue weighted by Gasteiger charge is -2.19. The summed E-state index contributed by atoms with van der Waals surface area (Å²) in [5.41, 5.74) is 2.32. The van der Waals surface area contributed by atoms with Crippen molar-refractivity contribution in [3.63, 3.8) is 0 Å². The van der Waals surface area contributed by atoms with Crippen LogP contribution in [-0.4, -0.2) is 31.7 Å². The molecule has 0 aliphatic heterocycles. The highest BCUT2D eigenvalue weighted by atomic mass is 16.6. The predicted molar refractivity (Wildman–Crippen MR) is 95.0 cm³/mol. The zero-order valence-electron chi connectivity index (χ0n) is 15.3. The van der Waals surface area contributed by atoms with Crippen LogP contribution in [0.4, 0.5) is 5.69 Å². The van der Waals surface area contributed by atoms with E-state index in [1.54, 1.807) is 13.8 Å². The summed E-state index contributed by atoms with van der Waals surface area (Å²) in [6.45, 7) is 10.9. The smallest absolute Gasteiger partial charge is 0.320 e. The molecule has 0 radical (unpaired) electrons. The molecule has 134 valence electrons. The van der Waals surface area contributed by atoms with Gasteiger partial charge in [0.05, 0.1) is 13.2 Å². The first kappa shape index (κ1) is 20.0. The third kappa shape index (κ3) is 6.22. The summed E-state index contributed by atoms with van der Waals surface area (Å²) < 4.78 is 9.92. The summed E-state index contributed by atoms with van der Waals surface area (Å²) in [7, 11) is 0. The second-order valence-corrected chi connectivity index (χ2v) is 6.60. The van der Waals surface area contributed by atoms with Gasteiger partial charge < -0.3 is 14.8 Å². The van der Waals surface area contributed by atoms with E-state index in [0.717, 1.165) is 5.69 Å². The number of carbonyl (C=O) groups excluding carboxylic acids is 2. The van der Waals surface area contributed by atoms with Crippen LogP contribution < -0.4 is 5.32 Å². The van der Waals surface area contributed by atoms with Crippen molar-refractivity contribution in [1.82, 2.24) is 0 Å². The standard InChI is InChI=1S/C19H29NO4/c1-6-23-17(21)16(18(22)24-7-2)12-13-20-15-10-8-14(9-11-15)19(3,4)5/h8-11,16,20H,6-7,12-13H2,1-5H3. The molecule has 1 rings (SSSR count). The maximum Gasteiger partial charge on any atom is 0.320 e. The SMILES string of the molecule is CCOC(=O)C(CCNc1ccc(C(C)(C)C)cc1)C(=O)OCC. The molecule has 1 N–H and O–H groups in total. The molecule has 0 aliphatic carbocycles. The highest BCUT2D eigenvalue weighted by Crippen LogP contribution is 2.23. The van der Waals surface area contributed by atoms with E-state index in [9.17, 15) is 9.59 Å². The summed E-state index contributed by atoms with van der Waals surface area (Å²) in [5.74, 6) is -1.94. The maximum absolute atomic E-state index is 11.9. The van der Waals surface area contributed by atoms with Crippen molar-refractivity contribution in [2.24, 2.45) is 5.92 Å². The zero-order chi connectivity index (χ0) is 18.2. The number of ether oxygens (including phenoxy) is 2. The van der Waals surface area contributed by atoms with Gasteiger partial charge in [-0.2, -0.15) is 0 Å². The lowest BCUT2D eigenvalue weighted by Crippen LogP contribution is -2.30. The van der Waals surface area contributed by atoms with Crippen LogP contribution in [0, 0.1) is 5.92 Å². The van der Waals surface area contributed by atoms with Crippen LogP contribution in [0.3, 0.4) is 0 Å². The van der Waals surface area contributed by atoms with E-state index in [4.69, 9.17) is 9.47 Å². The summed E-state index contributed by atoms with van der Waals surface area (Å²) in [5, 5.41) is 3.23. The summed E-state index contributed by atoms with van der Waals surface area (Å²) in [4.78, 5) is 23.8. The van der Waals surface area contributed by atoms with Gasteiger partial charge in [-0.3, -0.25) is 9.59 Å². The van der Waals surface area contributed by atoms with E-state index >= 15 is 0 Å². The minimum Gasteiger partial charge on any atom is -0.465 e. The molecule has 0 spiro atoms. The minimum atomic E-state index is -0.883. The molecule has 0 bridgehead atoms. The molecule has 1 aromatic rings. The molecule has 5 heteroatoms. The van der Waals surface area contributed by atoms with Crippen LogP contribution in [0.15, 0.2) is 24.3 Å². The van der Waals surface area contributed by atoms with Gasteiger partial charge in [-0.25, -0.2) is 0 Å². The van der Waals surface area contributed by atoms with Gasteiger partial charge in [-0.05, 0) is 43.4 Å². The molecule has 0 fully saturated rings. The monoisotopic (exact) mass is 335 g/mol. The molecule has 5 nitrogen and oxygen atoms in total. The first-order chi connectivity index (χ1) is 11.3. The topological polar surface area (TPSA) is 64.6 Å². The van der Waals surface area contributed by atoms with Gasteiger partial charge in [0.15, 0.2) is 5.92 Å². The molecule has 0 aromatic heterocycles. The van der Waals surface area contributed by atoms with E-state index in [0.29, 0.717) is 13.0 Å². The minimum absolute atomic E-state index is 0.109. The summed E-state index contributed by atoms with van der Waals surface area (Å²) >= 11 is 0. The number of hydrogen-bond donors (Lipinski definition) is 1. The number of hydrogen-bond acceptors (Lipinski definition) is 5. The van der Waals surface area contributed by atoms with Crippen LogP contribution >= 0.6 is 0 Å². The highest BCUT2D eigenvalue weighted by Gasteiger charge is 2.28. The zero-order valence-corrected chi connectivity index (χ0v) is 15.3. The van der Waals surface area contributed by atoms with Gasteiger partial charge in [-0.1, -0.05) is 32.9 Å². The number of esters is 2. The Morgan fingerprint density at radius 2 is 1.50 bits per heavy atom. The van der Waals surface area contributed by atoms with Crippen molar-refractivity contribution in [2.75, 3.05) is 25.1 Å². The summed E-state index contributed by atoms with van der Waals surface area (Å²) in [6, 6.07) is 8.17. The molecule has 0 saturated heterocycles. The van der Waals surface area contributed by atoms with Gasteiger partial charge in [0.1, 0.15) is 0 Å². The average molecular weight is 335 g/mol. The van der Waals surface area contributed by atoms with E-state index in [2.05, 4.69) is 38.2 Å². The predicted octanol–water partition coefficient (Wildman–Crippen LogP) is 3.53. The van der Waals surface area contributed by atoms with Crippen molar-refractivity contribution in [3.8, 4) is 0 Å². The molecule has 0 atom stereocenters. The maximum atomic E-state index is 11.9. The molecule has 0 unspecified atom stereocenters. The third-order valence-electron chi connectivity index (χ3n) is 3.66. The Hall–Kier alpha value is -2.04. The number of rotatable bonds is 8. The van der Waals surface area contributed by atoms with Crippen LogP contribution in [-0.2, 0) is 24.5 Å². The van der Waals surface area contributed by atoms with Gasteiger partial charge in [-0.15, -0.1) is 0 Å². The van der Waals surface area contributed by atoms with Crippen molar-refractivity contribution in [3.05, 3.63) is 29.8 Å². The molecule has 0 heterocycles. The first-order valence-corrected chi connectivity index (χ1v) is 8.47. The van der Waals surface area contributed by atoms with E-state index in [1.807, 2.05) is 12.1 Å². The Bertz CT molecular complexity index is 513. The van der Waals surface area contributed by atoms with Crippen molar-refractivity contribution in [2.45, 2.75) is 46.5 Å². The number of anilines is 1. The Morgan fingerprint density at radius 1 is 1.00 bits per heavy atom. The second kappa shape index (κ2) is 9.30. The Balaban J connectivity index is 2.61. The van der Waals surface area contributed by atoms with Gasteiger partial charge in [0.25, 0.3) is 0 Å². The molecule has 0 aliphatic rings.